The maximum atomic E-state index is 2.60. The molecule has 0 N–H and O–H groups in total. The molecule has 0 aromatic carbocycles. The van der Waals surface area contributed by atoms with Crippen LogP contribution in [0.15, 0.2) is 0 Å². The maximum absolute atomic E-state index is 2.60. The summed E-state index contributed by atoms with van der Waals surface area (Å²) in [6.45, 7) is 12.1. The normalized spacial score (nSPS) is 13.5. The molecule has 0 saturated heterocycles. The molecule has 0 rings (SSSR count). The predicted molar refractivity (Wildman–Crippen MR) is 104 cm³/mol. The van der Waals surface area contributed by atoms with Crippen molar-refractivity contribution < 1.29 is 0 Å². The van der Waals surface area contributed by atoms with Crippen molar-refractivity contribution >= 4 is 0 Å². The molecule has 0 amide bonds. The minimum absolute atomic E-state index is 0.605. The molecule has 0 fully saturated rings. The fourth-order valence-electron chi connectivity index (χ4n) is 3.75. The van der Waals surface area contributed by atoms with Crippen LogP contribution in [-0.4, -0.2) is 0 Å². The Bertz CT molecular complexity index is 208. The van der Waals surface area contributed by atoms with E-state index in [2.05, 4.69) is 34.6 Å². The molecule has 0 bridgehead atoms. The van der Waals surface area contributed by atoms with Gasteiger partial charge in [-0.3, -0.25) is 0 Å². The molecular formula is C22H46. The van der Waals surface area contributed by atoms with E-state index in [4.69, 9.17) is 0 Å². The van der Waals surface area contributed by atoms with Gasteiger partial charge >= 0.3 is 0 Å². The van der Waals surface area contributed by atoms with E-state index in [-0.39, 0.29) is 0 Å². The lowest BCUT2D eigenvalue weighted by Gasteiger charge is -2.36. The molecule has 1 unspecified atom stereocenters. The van der Waals surface area contributed by atoms with Crippen LogP contribution in [0.25, 0.3) is 0 Å². The molecule has 134 valence electrons. The first kappa shape index (κ1) is 22.0. The summed E-state index contributed by atoms with van der Waals surface area (Å²) >= 11 is 0. The van der Waals surface area contributed by atoms with Crippen LogP contribution in [0.1, 0.15) is 131 Å². The average molecular weight is 311 g/mol. The molecule has 0 nitrogen and oxygen atoms in total. The van der Waals surface area contributed by atoms with E-state index >= 15 is 0 Å². The fraction of sp³-hybridized carbons (Fsp3) is 1.00. The molecule has 0 heteroatoms. The molecular weight excluding hydrogens is 264 g/mol. The summed E-state index contributed by atoms with van der Waals surface area (Å²) in [7, 11) is 0. The number of hydrogen-bond donors (Lipinski definition) is 0. The van der Waals surface area contributed by atoms with Gasteiger partial charge in [-0.15, -0.1) is 0 Å². The summed E-state index contributed by atoms with van der Waals surface area (Å²) in [6.07, 6.45) is 21.5. The lowest BCUT2D eigenvalue weighted by atomic mass is 9.69. The Morgan fingerprint density at radius 1 is 0.591 bits per heavy atom. The highest BCUT2D eigenvalue weighted by atomic mass is 14.3. The Balaban J connectivity index is 4.13. The minimum Gasteiger partial charge on any atom is -0.0654 e. The summed E-state index contributed by atoms with van der Waals surface area (Å²) in [6, 6.07) is 0. The lowest BCUT2D eigenvalue weighted by molar-refractivity contribution is 0.144. The van der Waals surface area contributed by atoms with Gasteiger partial charge in [0.1, 0.15) is 0 Å². The highest BCUT2D eigenvalue weighted by Crippen LogP contribution is 2.41. The first-order chi connectivity index (χ1) is 10.6. The first-order valence-corrected chi connectivity index (χ1v) is 10.6. The van der Waals surface area contributed by atoms with Crippen molar-refractivity contribution in [2.75, 3.05) is 0 Å². The molecule has 22 heavy (non-hydrogen) atoms. The van der Waals surface area contributed by atoms with Crippen LogP contribution in [0.4, 0.5) is 0 Å². The Hall–Kier alpha value is 0. The van der Waals surface area contributed by atoms with Crippen LogP contribution < -0.4 is 0 Å². The molecule has 0 aliphatic rings. The second-order valence-electron chi connectivity index (χ2n) is 8.03. The standard InChI is InChI=1S/C22H46/c1-6-9-12-13-14-15-18-21(4)22(5,19-16-10-7-2)20-17-11-8-3/h21H,6-20H2,1-5H3. The molecule has 0 aromatic heterocycles. The number of rotatable bonds is 16. The van der Waals surface area contributed by atoms with E-state index in [1.54, 1.807) is 0 Å². The first-order valence-electron chi connectivity index (χ1n) is 10.6. The molecule has 0 spiro atoms. The van der Waals surface area contributed by atoms with Gasteiger partial charge in [-0.25, -0.2) is 0 Å². The quantitative estimate of drug-likeness (QED) is 0.250. The van der Waals surface area contributed by atoms with Gasteiger partial charge in [0.05, 0.1) is 0 Å². The van der Waals surface area contributed by atoms with E-state index in [9.17, 15) is 0 Å². The van der Waals surface area contributed by atoms with Crippen LogP contribution in [0.2, 0.25) is 0 Å². The van der Waals surface area contributed by atoms with E-state index in [1.807, 2.05) is 0 Å². The van der Waals surface area contributed by atoms with Gasteiger partial charge in [0.15, 0.2) is 0 Å². The third kappa shape index (κ3) is 10.7. The van der Waals surface area contributed by atoms with Crippen molar-refractivity contribution in [3.8, 4) is 0 Å². The molecule has 0 saturated carbocycles. The zero-order valence-electron chi connectivity index (χ0n) is 16.7. The zero-order valence-corrected chi connectivity index (χ0v) is 16.7. The lowest BCUT2D eigenvalue weighted by Crippen LogP contribution is -2.25. The van der Waals surface area contributed by atoms with Gasteiger partial charge in [-0.2, -0.15) is 0 Å². The van der Waals surface area contributed by atoms with E-state index in [0.29, 0.717) is 5.41 Å². The van der Waals surface area contributed by atoms with Crippen molar-refractivity contribution in [1.29, 1.82) is 0 Å². The maximum Gasteiger partial charge on any atom is -0.0300 e. The average Bonchev–Trinajstić information content (AvgIpc) is 2.51. The molecule has 0 aliphatic heterocycles. The molecule has 1 atom stereocenters. The summed E-state index contributed by atoms with van der Waals surface area (Å²) in [5.74, 6) is 0.910. The fourth-order valence-corrected chi connectivity index (χ4v) is 3.75. The monoisotopic (exact) mass is 310 g/mol. The van der Waals surface area contributed by atoms with Crippen molar-refractivity contribution in [1.82, 2.24) is 0 Å². The SMILES string of the molecule is CCCCCCCCC(C)C(C)(CCCCC)CCCCC. The van der Waals surface area contributed by atoms with Crippen molar-refractivity contribution in [3.05, 3.63) is 0 Å². The van der Waals surface area contributed by atoms with Crippen LogP contribution in [0, 0.1) is 11.3 Å². The van der Waals surface area contributed by atoms with Gasteiger partial charge in [0, 0.05) is 0 Å². The van der Waals surface area contributed by atoms with Crippen molar-refractivity contribution in [3.63, 3.8) is 0 Å². The van der Waals surface area contributed by atoms with Gasteiger partial charge < -0.3 is 0 Å². The summed E-state index contributed by atoms with van der Waals surface area (Å²) < 4.78 is 0. The van der Waals surface area contributed by atoms with E-state index in [0.717, 1.165) is 5.92 Å². The topological polar surface area (TPSA) is 0 Å². The number of unbranched alkanes of at least 4 members (excludes halogenated alkanes) is 9. The predicted octanol–water partition coefficient (Wildman–Crippen LogP) is 8.54. The number of hydrogen-bond acceptors (Lipinski definition) is 0. The van der Waals surface area contributed by atoms with Gasteiger partial charge in [0.25, 0.3) is 0 Å². The Kier molecular flexibility index (Phi) is 14.6. The van der Waals surface area contributed by atoms with Crippen molar-refractivity contribution in [2.24, 2.45) is 11.3 Å². The molecule has 0 heterocycles. The molecule has 0 aromatic rings. The van der Waals surface area contributed by atoms with Gasteiger partial charge in [0.2, 0.25) is 0 Å². The zero-order chi connectivity index (χ0) is 16.7. The highest BCUT2D eigenvalue weighted by Gasteiger charge is 2.29. The smallest absolute Gasteiger partial charge is 0.0300 e. The van der Waals surface area contributed by atoms with Gasteiger partial charge in [-0.05, 0) is 24.2 Å². The Morgan fingerprint density at radius 3 is 1.50 bits per heavy atom. The Morgan fingerprint density at radius 2 is 1.00 bits per heavy atom. The summed E-state index contributed by atoms with van der Waals surface area (Å²) in [5, 5.41) is 0. The van der Waals surface area contributed by atoms with E-state index < -0.39 is 0 Å². The van der Waals surface area contributed by atoms with Crippen LogP contribution >= 0.6 is 0 Å². The van der Waals surface area contributed by atoms with Crippen LogP contribution in [0.3, 0.4) is 0 Å². The second kappa shape index (κ2) is 14.6. The molecule has 0 radical (unpaired) electrons. The summed E-state index contributed by atoms with van der Waals surface area (Å²) in [4.78, 5) is 0. The minimum atomic E-state index is 0.605. The van der Waals surface area contributed by atoms with Crippen molar-refractivity contribution in [2.45, 2.75) is 131 Å². The van der Waals surface area contributed by atoms with Crippen LogP contribution in [0.5, 0.6) is 0 Å². The third-order valence-corrected chi connectivity index (χ3v) is 5.88. The summed E-state index contributed by atoms with van der Waals surface area (Å²) in [5.41, 5.74) is 0.605. The van der Waals surface area contributed by atoms with E-state index in [1.165, 1.54) is 96.3 Å². The third-order valence-electron chi connectivity index (χ3n) is 5.88. The largest absolute Gasteiger partial charge is 0.0654 e. The Labute approximate surface area is 142 Å². The van der Waals surface area contributed by atoms with Gasteiger partial charge in [-0.1, -0.05) is 118 Å². The molecule has 0 aliphatic carbocycles. The van der Waals surface area contributed by atoms with Crippen LogP contribution in [-0.2, 0) is 0 Å². The highest BCUT2D eigenvalue weighted by molar-refractivity contribution is 4.80. The second-order valence-corrected chi connectivity index (χ2v) is 8.03.